The summed E-state index contributed by atoms with van der Waals surface area (Å²) in [7, 11) is 0. The molecule has 1 aliphatic heterocycles. The van der Waals surface area contributed by atoms with Crippen molar-refractivity contribution in [3.63, 3.8) is 0 Å². The molecule has 8 heteroatoms. The Labute approximate surface area is 162 Å². The number of anilines is 1. The highest BCUT2D eigenvalue weighted by Gasteiger charge is 2.24. The Morgan fingerprint density at radius 2 is 1.74 bits per heavy atom. The van der Waals surface area contributed by atoms with E-state index in [4.69, 9.17) is 0 Å². The van der Waals surface area contributed by atoms with Gasteiger partial charge in [-0.1, -0.05) is 12.1 Å². The van der Waals surface area contributed by atoms with E-state index in [1.54, 1.807) is 24.3 Å². The van der Waals surface area contributed by atoms with Gasteiger partial charge in [-0.25, -0.2) is 4.98 Å². The minimum absolute atomic E-state index is 0.0983. The highest BCUT2D eigenvalue weighted by molar-refractivity contribution is 7.98. The number of hydrogen-bond acceptors (Lipinski definition) is 6. The van der Waals surface area contributed by atoms with Crippen molar-refractivity contribution in [1.29, 1.82) is 0 Å². The summed E-state index contributed by atoms with van der Waals surface area (Å²) in [6, 6.07) is 11.7. The molecule has 3 aromatic rings. The Kier molecular flexibility index (Phi) is 5.06. The number of amides is 1. The second kappa shape index (κ2) is 7.79. The van der Waals surface area contributed by atoms with Crippen LogP contribution < -0.4 is 4.90 Å². The highest BCUT2D eigenvalue weighted by atomic mass is 32.2. The van der Waals surface area contributed by atoms with E-state index >= 15 is 0 Å². The van der Waals surface area contributed by atoms with E-state index in [0.717, 1.165) is 35.2 Å². The summed E-state index contributed by atoms with van der Waals surface area (Å²) in [5.41, 5.74) is 0.780. The van der Waals surface area contributed by atoms with Crippen LogP contribution in [-0.4, -0.2) is 63.0 Å². The van der Waals surface area contributed by atoms with Gasteiger partial charge >= 0.3 is 0 Å². The van der Waals surface area contributed by atoms with Gasteiger partial charge in [0, 0.05) is 43.5 Å². The molecule has 0 atom stereocenters. The highest BCUT2D eigenvalue weighted by Crippen LogP contribution is 2.22. The fourth-order valence-electron chi connectivity index (χ4n) is 3.15. The molecule has 1 aliphatic rings. The van der Waals surface area contributed by atoms with E-state index in [1.807, 2.05) is 58.3 Å². The van der Waals surface area contributed by atoms with Crippen LogP contribution in [0.5, 0.6) is 0 Å². The molecule has 0 bridgehead atoms. The van der Waals surface area contributed by atoms with Gasteiger partial charge in [-0.15, -0.1) is 22.0 Å². The maximum Gasteiger partial charge on any atom is 0.255 e. The molecule has 1 saturated heterocycles. The quantitative estimate of drug-likeness (QED) is 0.647. The van der Waals surface area contributed by atoms with E-state index in [9.17, 15) is 4.79 Å². The largest absolute Gasteiger partial charge is 0.352 e. The number of nitrogens with zero attached hydrogens (tertiary/aromatic N) is 6. The van der Waals surface area contributed by atoms with E-state index < -0.39 is 0 Å². The molecule has 4 rings (SSSR count). The average Bonchev–Trinajstić information content (AvgIpc) is 3.28. The second-order valence-electron chi connectivity index (χ2n) is 6.20. The molecule has 0 radical (unpaired) electrons. The first-order valence-electron chi connectivity index (χ1n) is 8.75. The lowest BCUT2D eigenvalue weighted by Gasteiger charge is -2.35. The third kappa shape index (κ3) is 3.66. The molecule has 7 nitrogen and oxygen atoms in total. The topological polar surface area (TPSA) is 67.2 Å². The number of benzene rings is 1. The molecule has 3 heterocycles. The molecule has 0 unspecified atom stereocenters. The van der Waals surface area contributed by atoms with Crippen molar-refractivity contribution in [3.8, 4) is 5.82 Å². The summed E-state index contributed by atoms with van der Waals surface area (Å²) in [5.74, 6) is 1.66. The molecule has 2 aromatic heterocycles. The molecule has 0 N–H and O–H groups in total. The predicted octanol–water partition coefficient (Wildman–Crippen LogP) is 2.35. The van der Waals surface area contributed by atoms with Gasteiger partial charge in [0.05, 0.1) is 5.56 Å². The van der Waals surface area contributed by atoms with Gasteiger partial charge in [0.25, 0.3) is 5.91 Å². The number of imidazole rings is 1. The Hall–Kier alpha value is -2.87. The van der Waals surface area contributed by atoms with Crippen molar-refractivity contribution in [2.75, 3.05) is 37.3 Å². The number of hydrogen-bond donors (Lipinski definition) is 0. The summed E-state index contributed by atoms with van der Waals surface area (Å²) in [4.78, 5) is 22.0. The van der Waals surface area contributed by atoms with E-state index in [0.29, 0.717) is 13.1 Å². The summed E-state index contributed by atoms with van der Waals surface area (Å²) >= 11 is 1.60. The Morgan fingerprint density at radius 1 is 1.00 bits per heavy atom. The lowest BCUT2D eigenvalue weighted by Crippen LogP contribution is -2.49. The third-order valence-corrected chi connectivity index (χ3v) is 5.43. The first-order chi connectivity index (χ1) is 13.3. The second-order valence-corrected chi connectivity index (χ2v) is 7.05. The van der Waals surface area contributed by atoms with Crippen LogP contribution in [0.25, 0.3) is 5.82 Å². The molecule has 1 aromatic carbocycles. The summed E-state index contributed by atoms with van der Waals surface area (Å²) in [6.07, 6.45) is 7.23. The van der Waals surface area contributed by atoms with Crippen LogP contribution in [0.3, 0.4) is 0 Å². The molecule has 1 fully saturated rings. The van der Waals surface area contributed by atoms with Crippen LogP contribution in [0.2, 0.25) is 0 Å². The van der Waals surface area contributed by atoms with E-state index in [1.165, 1.54) is 0 Å². The van der Waals surface area contributed by atoms with Crippen molar-refractivity contribution in [2.24, 2.45) is 0 Å². The van der Waals surface area contributed by atoms with Gasteiger partial charge in [0.2, 0.25) is 0 Å². The van der Waals surface area contributed by atoms with Gasteiger partial charge in [-0.05, 0) is 30.5 Å². The van der Waals surface area contributed by atoms with Crippen LogP contribution in [0.15, 0.2) is 60.0 Å². The molecule has 0 aliphatic carbocycles. The minimum Gasteiger partial charge on any atom is -0.352 e. The SMILES string of the molecule is CSc1ccccc1C(=O)N1CCN(c2ccc(-n3ccnc3)nn2)CC1. The number of aromatic nitrogens is 4. The first kappa shape index (κ1) is 17.5. The Bertz CT molecular complexity index is 904. The van der Waals surface area contributed by atoms with Gasteiger partial charge in [0.15, 0.2) is 11.6 Å². The fraction of sp³-hybridized carbons (Fsp3) is 0.263. The first-order valence-corrected chi connectivity index (χ1v) is 9.98. The zero-order valence-corrected chi connectivity index (χ0v) is 15.8. The molecule has 0 saturated carbocycles. The molecule has 0 spiro atoms. The number of carbonyl (C=O) groups excluding carboxylic acids is 1. The average molecular weight is 380 g/mol. The van der Waals surface area contributed by atoms with Gasteiger partial charge in [-0.2, -0.15) is 0 Å². The van der Waals surface area contributed by atoms with Crippen molar-refractivity contribution in [3.05, 3.63) is 60.7 Å². The molecular weight excluding hydrogens is 360 g/mol. The van der Waals surface area contributed by atoms with Crippen LogP contribution >= 0.6 is 11.8 Å². The minimum atomic E-state index is 0.0983. The van der Waals surface area contributed by atoms with Crippen LogP contribution in [-0.2, 0) is 0 Å². The van der Waals surface area contributed by atoms with Crippen LogP contribution in [0.1, 0.15) is 10.4 Å². The van der Waals surface area contributed by atoms with Crippen LogP contribution in [0.4, 0.5) is 5.82 Å². The van der Waals surface area contributed by atoms with Gasteiger partial charge in [-0.3, -0.25) is 9.36 Å². The molecule has 1 amide bonds. The Balaban J connectivity index is 1.41. The van der Waals surface area contributed by atoms with E-state index in [-0.39, 0.29) is 5.91 Å². The molecule has 27 heavy (non-hydrogen) atoms. The molecular formula is C19H20N6OS. The Morgan fingerprint density at radius 3 is 2.41 bits per heavy atom. The summed E-state index contributed by atoms with van der Waals surface area (Å²) in [5, 5.41) is 8.60. The van der Waals surface area contributed by atoms with E-state index in [2.05, 4.69) is 20.1 Å². The predicted molar refractivity (Wildman–Crippen MR) is 105 cm³/mol. The maximum atomic E-state index is 12.9. The number of piperazine rings is 1. The smallest absolute Gasteiger partial charge is 0.255 e. The summed E-state index contributed by atoms with van der Waals surface area (Å²) in [6.45, 7) is 2.83. The lowest BCUT2D eigenvalue weighted by molar-refractivity contribution is 0.0743. The maximum absolute atomic E-state index is 12.9. The van der Waals surface area contributed by atoms with Crippen molar-refractivity contribution >= 4 is 23.5 Å². The van der Waals surface area contributed by atoms with Crippen molar-refractivity contribution < 1.29 is 4.79 Å². The zero-order chi connectivity index (χ0) is 18.6. The van der Waals surface area contributed by atoms with Crippen molar-refractivity contribution in [2.45, 2.75) is 4.90 Å². The van der Waals surface area contributed by atoms with Gasteiger partial charge in [0.1, 0.15) is 6.33 Å². The number of rotatable bonds is 4. The monoisotopic (exact) mass is 380 g/mol. The fourth-order valence-corrected chi connectivity index (χ4v) is 3.74. The lowest BCUT2D eigenvalue weighted by atomic mass is 10.2. The van der Waals surface area contributed by atoms with Gasteiger partial charge < -0.3 is 9.80 Å². The number of carbonyl (C=O) groups is 1. The summed E-state index contributed by atoms with van der Waals surface area (Å²) < 4.78 is 1.82. The number of thioether (sulfide) groups is 1. The van der Waals surface area contributed by atoms with Crippen LogP contribution in [0, 0.1) is 0 Å². The normalized spacial score (nSPS) is 14.4. The molecule has 138 valence electrons. The third-order valence-electron chi connectivity index (χ3n) is 4.63. The zero-order valence-electron chi connectivity index (χ0n) is 15.0. The van der Waals surface area contributed by atoms with Crippen molar-refractivity contribution in [1.82, 2.24) is 24.6 Å². The standard InChI is InChI=1S/C19H20N6OS/c1-27-16-5-3-2-4-15(16)19(26)24-12-10-23(11-13-24)17-6-7-18(22-21-17)25-9-8-20-14-25/h2-9,14H,10-13H2,1H3.